The van der Waals surface area contributed by atoms with Crippen LogP contribution in [-0.4, -0.2) is 62.8 Å². The molecular formula is C28H30Cl2N2O8. The molecule has 0 unspecified atom stereocenters. The molecule has 0 fully saturated rings. The number of hydrogen-bond donors (Lipinski definition) is 1. The number of esters is 1. The van der Waals surface area contributed by atoms with Crippen molar-refractivity contribution in [2.75, 3.05) is 46.2 Å². The van der Waals surface area contributed by atoms with Crippen molar-refractivity contribution in [1.29, 1.82) is 0 Å². The van der Waals surface area contributed by atoms with Crippen molar-refractivity contribution >= 4 is 35.1 Å². The molecule has 0 aliphatic heterocycles. The maximum atomic E-state index is 12.6. The number of nitrogens with one attached hydrogen (secondary N) is 1. The van der Waals surface area contributed by atoms with Crippen molar-refractivity contribution in [2.45, 2.75) is 13.0 Å². The summed E-state index contributed by atoms with van der Waals surface area (Å²) in [6, 6.07) is 18.5. The fraction of sp³-hybridized carbons (Fsp3) is 0.321. The number of rotatable bonds is 17. The van der Waals surface area contributed by atoms with Gasteiger partial charge in [-0.25, -0.2) is 0 Å². The standard InChI is InChI=1S/C28H30Cl2N2O8/c29-22-8-4-9-23(30)27(22)40-26(34)12-14-36-16-18-38-19-17-37-15-13-31-28(35)24-10-5-11-25(33)32(24)39-20-21-6-2-1-3-7-21/h1-11H,12-20H2,(H,31,35). The second-order valence-electron chi connectivity index (χ2n) is 8.17. The first-order valence-corrected chi connectivity index (χ1v) is 13.3. The Balaban J connectivity index is 1.21. The number of para-hydroxylation sites is 1. The third kappa shape index (κ3) is 10.6. The van der Waals surface area contributed by atoms with Crippen LogP contribution >= 0.6 is 23.2 Å². The van der Waals surface area contributed by atoms with Crippen LogP contribution < -0.4 is 20.5 Å². The largest absolute Gasteiger partial charge is 0.423 e. The molecule has 1 N–H and O–H groups in total. The monoisotopic (exact) mass is 592 g/mol. The molecule has 0 radical (unpaired) electrons. The van der Waals surface area contributed by atoms with Gasteiger partial charge in [-0.15, -0.1) is 4.73 Å². The summed E-state index contributed by atoms with van der Waals surface area (Å²) < 4.78 is 22.4. The summed E-state index contributed by atoms with van der Waals surface area (Å²) in [7, 11) is 0. The van der Waals surface area contributed by atoms with E-state index in [0.29, 0.717) is 26.4 Å². The van der Waals surface area contributed by atoms with Crippen LogP contribution in [0, 0.1) is 0 Å². The first-order chi connectivity index (χ1) is 19.5. The maximum Gasteiger partial charge on any atom is 0.313 e. The van der Waals surface area contributed by atoms with E-state index in [2.05, 4.69) is 5.32 Å². The van der Waals surface area contributed by atoms with Gasteiger partial charge >= 0.3 is 5.97 Å². The van der Waals surface area contributed by atoms with Gasteiger partial charge in [0.05, 0.1) is 56.1 Å². The van der Waals surface area contributed by atoms with Gasteiger partial charge in [0.1, 0.15) is 12.3 Å². The molecule has 0 spiro atoms. The molecule has 1 amide bonds. The van der Waals surface area contributed by atoms with Crippen LogP contribution in [-0.2, 0) is 25.6 Å². The van der Waals surface area contributed by atoms with E-state index in [0.717, 1.165) is 10.3 Å². The van der Waals surface area contributed by atoms with Crippen LogP contribution in [0.15, 0.2) is 71.5 Å². The molecule has 0 aliphatic carbocycles. The van der Waals surface area contributed by atoms with Crippen LogP contribution in [0.4, 0.5) is 0 Å². The minimum absolute atomic E-state index is 0.0364. The Kier molecular flexibility index (Phi) is 13.5. The van der Waals surface area contributed by atoms with Crippen molar-refractivity contribution in [2.24, 2.45) is 0 Å². The van der Waals surface area contributed by atoms with Gasteiger partial charge < -0.3 is 29.1 Å². The normalized spacial score (nSPS) is 10.8. The van der Waals surface area contributed by atoms with Crippen LogP contribution in [0.2, 0.25) is 10.0 Å². The Morgan fingerprint density at radius 1 is 0.750 bits per heavy atom. The van der Waals surface area contributed by atoms with E-state index in [1.165, 1.54) is 18.2 Å². The fourth-order valence-electron chi connectivity index (χ4n) is 3.26. The van der Waals surface area contributed by atoms with Crippen molar-refractivity contribution in [3.8, 4) is 5.75 Å². The van der Waals surface area contributed by atoms with Gasteiger partial charge in [-0.2, -0.15) is 0 Å². The third-order valence-electron chi connectivity index (χ3n) is 5.21. The van der Waals surface area contributed by atoms with Crippen molar-refractivity contribution in [3.63, 3.8) is 0 Å². The third-order valence-corrected chi connectivity index (χ3v) is 5.80. The van der Waals surface area contributed by atoms with E-state index in [9.17, 15) is 14.4 Å². The molecule has 12 heteroatoms. The van der Waals surface area contributed by atoms with E-state index in [1.54, 1.807) is 18.2 Å². The van der Waals surface area contributed by atoms with Crippen molar-refractivity contribution < 1.29 is 33.4 Å². The molecule has 3 rings (SSSR count). The molecule has 214 valence electrons. The number of carbonyl (C=O) groups excluding carboxylic acids is 2. The number of carbonyl (C=O) groups is 2. The minimum Gasteiger partial charge on any atom is -0.423 e. The number of ether oxygens (including phenoxy) is 4. The first kappa shape index (κ1) is 31.1. The van der Waals surface area contributed by atoms with Crippen LogP contribution in [0.5, 0.6) is 5.75 Å². The lowest BCUT2D eigenvalue weighted by molar-refractivity contribution is -0.135. The Morgan fingerprint density at radius 3 is 2.08 bits per heavy atom. The van der Waals surface area contributed by atoms with Crippen LogP contribution in [0.3, 0.4) is 0 Å². The highest BCUT2D eigenvalue weighted by molar-refractivity contribution is 6.37. The molecule has 10 nitrogen and oxygen atoms in total. The fourth-order valence-corrected chi connectivity index (χ4v) is 3.73. The predicted molar refractivity (Wildman–Crippen MR) is 149 cm³/mol. The zero-order valence-electron chi connectivity index (χ0n) is 21.7. The van der Waals surface area contributed by atoms with Crippen molar-refractivity contribution in [1.82, 2.24) is 10.0 Å². The van der Waals surface area contributed by atoms with Gasteiger partial charge in [0.25, 0.3) is 11.5 Å². The van der Waals surface area contributed by atoms with Gasteiger partial charge in [0, 0.05) is 12.6 Å². The molecule has 0 saturated heterocycles. The summed E-state index contributed by atoms with van der Waals surface area (Å²) >= 11 is 11.9. The zero-order valence-corrected chi connectivity index (χ0v) is 23.2. The number of halogens is 2. The van der Waals surface area contributed by atoms with Gasteiger partial charge in [-0.1, -0.05) is 65.7 Å². The summed E-state index contributed by atoms with van der Waals surface area (Å²) in [6.45, 7) is 2.05. The maximum absolute atomic E-state index is 12.6. The van der Waals surface area contributed by atoms with E-state index < -0.39 is 17.4 Å². The highest BCUT2D eigenvalue weighted by atomic mass is 35.5. The lowest BCUT2D eigenvalue weighted by Crippen LogP contribution is -2.36. The second kappa shape index (κ2) is 17.3. The number of nitrogens with zero attached hydrogens (tertiary/aromatic N) is 1. The number of benzene rings is 2. The van der Waals surface area contributed by atoms with Crippen molar-refractivity contribution in [3.05, 3.63) is 98.4 Å². The number of amides is 1. The van der Waals surface area contributed by atoms with Gasteiger partial charge in [-0.05, 0) is 23.8 Å². The molecule has 1 heterocycles. The lowest BCUT2D eigenvalue weighted by atomic mass is 10.2. The first-order valence-electron chi connectivity index (χ1n) is 12.5. The van der Waals surface area contributed by atoms with E-state index in [1.807, 2.05) is 30.3 Å². The number of pyridine rings is 1. The minimum atomic E-state index is -0.508. The molecule has 40 heavy (non-hydrogen) atoms. The average Bonchev–Trinajstić information content (AvgIpc) is 2.95. The smallest absolute Gasteiger partial charge is 0.313 e. The summed E-state index contributed by atoms with van der Waals surface area (Å²) in [4.78, 5) is 42.3. The lowest BCUT2D eigenvalue weighted by Gasteiger charge is -2.13. The topological polar surface area (TPSA) is 114 Å². The SMILES string of the molecule is O=C(CCOCCOCCOCCNC(=O)c1cccc(=O)n1OCc1ccccc1)Oc1c(Cl)cccc1Cl. The molecule has 3 aromatic rings. The molecule has 0 bridgehead atoms. The molecule has 0 atom stereocenters. The van der Waals surface area contributed by atoms with Crippen LogP contribution in [0.25, 0.3) is 0 Å². The molecule has 0 saturated carbocycles. The highest BCUT2D eigenvalue weighted by Gasteiger charge is 2.14. The van der Waals surface area contributed by atoms with Crippen LogP contribution in [0.1, 0.15) is 22.5 Å². The summed E-state index contributed by atoms with van der Waals surface area (Å²) in [5.41, 5.74) is 0.516. The Labute approximate surface area is 241 Å². The van der Waals surface area contributed by atoms with Gasteiger partial charge in [-0.3, -0.25) is 14.4 Å². The zero-order chi connectivity index (χ0) is 28.6. The quantitative estimate of drug-likeness (QED) is 0.144. The Bertz CT molecular complexity index is 1270. The summed E-state index contributed by atoms with van der Waals surface area (Å²) in [5.74, 6) is -0.833. The molecule has 1 aromatic heterocycles. The molecule has 2 aromatic carbocycles. The van der Waals surface area contributed by atoms with E-state index >= 15 is 0 Å². The highest BCUT2D eigenvalue weighted by Crippen LogP contribution is 2.32. The average molecular weight is 593 g/mol. The van der Waals surface area contributed by atoms with Gasteiger partial charge in [0.15, 0.2) is 5.75 Å². The molecule has 0 aliphatic rings. The predicted octanol–water partition coefficient (Wildman–Crippen LogP) is 3.56. The summed E-state index contributed by atoms with van der Waals surface area (Å²) in [6.07, 6.45) is 0.0364. The van der Waals surface area contributed by atoms with Gasteiger partial charge in [0.2, 0.25) is 0 Å². The van der Waals surface area contributed by atoms with E-state index in [4.69, 9.17) is 47.0 Å². The second-order valence-corrected chi connectivity index (χ2v) is 8.98. The Hall–Kier alpha value is -3.41. The number of aromatic nitrogens is 1. The molecular weight excluding hydrogens is 563 g/mol. The summed E-state index contributed by atoms with van der Waals surface area (Å²) in [5, 5.41) is 3.21. The van der Waals surface area contributed by atoms with E-state index in [-0.39, 0.29) is 54.3 Å². The Morgan fingerprint density at radius 2 is 1.38 bits per heavy atom. The number of hydrogen-bond acceptors (Lipinski definition) is 8.